The van der Waals surface area contributed by atoms with Gasteiger partial charge in [-0.3, -0.25) is 4.79 Å². The van der Waals surface area contributed by atoms with Gasteiger partial charge in [0.05, 0.1) is 6.54 Å². The highest BCUT2D eigenvalue weighted by atomic mass is 19.4. The molecule has 0 radical (unpaired) electrons. The smallest absolute Gasteiger partial charge is 0.480 e. The van der Waals surface area contributed by atoms with Crippen LogP contribution in [0.1, 0.15) is 11.1 Å². The van der Waals surface area contributed by atoms with Gasteiger partial charge >= 0.3 is 18.1 Å². The van der Waals surface area contributed by atoms with Gasteiger partial charge in [-0.05, 0) is 18.1 Å². The average Bonchev–Trinajstić information content (AvgIpc) is 2.31. The molecule has 0 spiro atoms. The second kappa shape index (κ2) is 8.16. The largest absolute Gasteiger partial charge is 0.490 e. The predicted molar refractivity (Wildman–Crippen MR) is 64.2 cm³/mol. The lowest BCUT2D eigenvalue weighted by atomic mass is 10.1. The van der Waals surface area contributed by atoms with Crippen molar-refractivity contribution in [2.45, 2.75) is 19.6 Å². The van der Waals surface area contributed by atoms with Gasteiger partial charge in [-0.15, -0.1) is 0 Å². The zero-order valence-electron chi connectivity index (χ0n) is 10.6. The van der Waals surface area contributed by atoms with E-state index in [0.717, 1.165) is 5.56 Å². The number of carboxylic acids is 2. The van der Waals surface area contributed by atoms with E-state index < -0.39 is 18.1 Å². The van der Waals surface area contributed by atoms with Crippen molar-refractivity contribution < 1.29 is 33.0 Å². The van der Waals surface area contributed by atoms with Gasteiger partial charge in [0.15, 0.2) is 0 Å². The summed E-state index contributed by atoms with van der Waals surface area (Å²) in [5.74, 6) is -3.58. The minimum atomic E-state index is -5.08. The maximum absolute atomic E-state index is 10.6. The quantitative estimate of drug-likeness (QED) is 0.788. The molecule has 1 rings (SSSR count). The van der Waals surface area contributed by atoms with Gasteiger partial charge in [0.25, 0.3) is 0 Å². The zero-order valence-corrected chi connectivity index (χ0v) is 10.6. The highest BCUT2D eigenvalue weighted by molar-refractivity contribution is 5.73. The first-order valence-electron chi connectivity index (χ1n) is 5.41. The maximum Gasteiger partial charge on any atom is 0.490 e. The summed E-state index contributed by atoms with van der Waals surface area (Å²) in [7, 11) is 0. The molecule has 8 heteroatoms. The highest BCUT2D eigenvalue weighted by Crippen LogP contribution is 2.13. The number of nitrogens with one attached hydrogen (secondary N) is 1. The number of rotatable bonds is 4. The van der Waals surface area contributed by atoms with Crippen LogP contribution in [0, 0.1) is 6.92 Å². The van der Waals surface area contributed by atoms with Crippen molar-refractivity contribution in [3.63, 3.8) is 0 Å². The Morgan fingerprint density at radius 2 is 1.70 bits per heavy atom. The summed E-state index contributed by atoms with van der Waals surface area (Å²) >= 11 is 0. The molecule has 0 aliphatic heterocycles. The van der Waals surface area contributed by atoms with E-state index in [-0.39, 0.29) is 6.54 Å². The van der Waals surface area contributed by atoms with Crippen molar-refractivity contribution in [3.05, 3.63) is 35.4 Å². The van der Waals surface area contributed by atoms with E-state index in [1.807, 2.05) is 31.2 Å². The number of carbonyl (C=O) groups is 2. The Hall–Kier alpha value is -2.09. The summed E-state index contributed by atoms with van der Waals surface area (Å²) in [5, 5.41) is 18.4. The molecule has 0 heterocycles. The average molecular weight is 293 g/mol. The molecule has 3 N–H and O–H groups in total. The Balaban J connectivity index is 0.000000441. The summed E-state index contributed by atoms with van der Waals surface area (Å²) in [5.41, 5.74) is 2.32. The Kier molecular flexibility index (Phi) is 7.30. The van der Waals surface area contributed by atoms with Crippen molar-refractivity contribution in [1.82, 2.24) is 5.32 Å². The van der Waals surface area contributed by atoms with Crippen molar-refractivity contribution in [3.8, 4) is 0 Å². The Morgan fingerprint density at radius 1 is 1.20 bits per heavy atom. The molecule has 1 aromatic carbocycles. The number of benzene rings is 1. The molecule has 0 aliphatic carbocycles. The van der Waals surface area contributed by atoms with E-state index in [0.29, 0.717) is 6.54 Å². The van der Waals surface area contributed by atoms with Crippen LogP contribution in [-0.4, -0.2) is 34.9 Å². The van der Waals surface area contributed by atoms with Gasteiger partial charge in [-0.1, -0.05) is 24.3 Å². The molecule has 0 unspecified atom stereocenters. The molecular formula is C12H14F3NO4. The number of hydrogen-bond acceptors (Lipinski definition) is 3. The van der Waals surface area contributed by atoms with Crippen LogP contribution in [-0.2, 0) is 16.1 Å². The fourth-order valence-corrected chi connectivity index (χ4v) is 1.11. The molecule has 1 aromatic rings. The normalized spacial score (nSPS) is 10.4. The minimum Gasteiger partial charge on any atom is -0.480 e. The molecular weight excluding hydrogens is 279 g/mol. The van der Waals surface area contributed by atoms with E-state index >= 15 is 0 Å². The number of hydrogen-bond donors (Lipinski definition) is 3. The zero-order chi connectivity index (χ0) is 15.8. The molecule has 0 aliphatic rings. The first-order valence-corrected chi connectivity index (χ1v) is 5.41. The van der Waals surface area contributed by atoms with Crippen LogP contribution in [0.15, 0.2) is 24.3 Å². The lowest BCUT2D eigenvalue weighted by Gasteiger charge is -2.04. The van der Waals surface area contributed by atoms with Crippen molar-refractivity contribution >= 4 is 11.9 Å². The van der Waals surface area contributed by atoms with Gasteiger partial charge in [0.1, 0.15) is 0 Å². The summed E-state index contributed by atoms with van der Waals surface area (Å²) < 4.78 is 31.7. The molecule has 0 amide bonds. The fourth-order valence-electron chi connectivity index (χ4n) is 1.11. The van der Waals surface area contributed by atoms with Gasteiger partial charge < -0.3 is 15.5 Å². The standard InChI is InChI=1S/C10H13NO2.C2HF3O2/c1-8-4-2-3-5-9(8)6-11-7-10(12)13;3-2(4,5)1(6)7/h2-5,11H,6-7H2,1H3,(H,12,13);(H,6,7). The number of carboxylic acid groups (broad SMARTS) is 2. The molecule has 0 atom stereocenters. The van der Waals surface area contributed by atoms with Gasteiger partial charge in [-0.25, -0.2) is 4.79 Å². The SMILES string of the molecule is Cc1ccccc1CNCC(=O)O.O=C(O)C(F)(F)F. The lowest BCUT2D eigenvalue weighted by Crippen LogP contribution is -2.22. The summed E-state index contributed by atoms with van der Waals surface area (Å²) in [6.07, 6.45) is -5.08. The van der Waals surface area contributed by atoms with Crippen molar-refractivity contribution in [1.29, 1.82) is 0 Å². The first kappa shape index (κ1) is 17.9. The van der Waals surface area contributed by atoms with E-state index in [2.05, 4.69) is 5.32 Å². The van der Waals surface area contributed by atoms with Crippen LogP contribution in [0.5, 0.6) is 0 Å². The van der Waals surface area contributed by atoms with Gasteiger partial charge in [0.2, 0.25) is 0 Å². The van der Waals surface area contributed by atoms with Crippen LogP contribution < -0.4 is 5.32 Å². The fraction of sp³-hybridized carbons (Fsp3) is 0.333. The highest BCUT2D eigenvalue weighted by Gasteiger charge is 2.38. The third-order valence-corrected chi connectivity index (χ3v) is 2.10. The van der Waals surface area contributed by atoms with Crippen LogP contribution in [0.2, 0.25) is 0 Å². The van der Waals surface area contributed by atoms with Gasteiger partial charge in [0, 0.05) is 6.54 Å². The molecule has 5 nitrogen and oxygen atoms in total. The van der Waals surface area contributed by atoms with Crippen LogP contribution in [0.25, 0.3) is 0 Å². The Morgan fingerprint density at radius 3 is 2.10 bits per heavy atom. The molecule has 20 heavy (non-hydrogen) atoms. The Bertz CT molecular complexity index is 460. The minimum absolute atomic E-state index is 0.00827. The van der Waals surface area contributed by atoms with Crippen LogP contribution in [0.4, 0.5) is 13.2 Å². The monoisotopic (exact) mass is 293 g/mol. The van der Waals surface area contributed by atoms with Gasteiger partial charge in [-0.2, -0.15) is 13.2 Å². The third-order valence-electron chi connectivity index (χ3n) is 2.10. The third kappa shape index (κ3) is 8.09. The second-order valence-electron chi connectivity index (χ2n) is 3.73. The van der Waals surface area contributed by atoms with Crippen LogP contribution in [0.3, 0.4) is 0 Å². The van der Waals surface area contributed by atoms with E-state index in [4.69, 9.17) is 15.0 Å². The number of aliphatic carboxylic acids is 2. The molecule has 0 aromatic heterocycles. The maximum atomic E-state index is 10.6. The van der Waals surface area contributed by atoms with E-state index in [9.17, 15) is 18.0 Å². The second-order valence-corrected chi connectivity index (χ2v) is 3.73. The van der Waals surface area contributed by atoms with Crippen molar-refractivity contribution in [2.75, 3.05) is 6.54 Å². The number of aryl methyl sites for hydroxylation is 1. The molecule has 0 bridgehead atoms. The molecule has 0 saturated carbocycles. The van der Waals surface area contributed by atoms with E-state index in [1.165, 1.54) is 5.56 Å². The summed E-state index contributed by atoms with van der Waals surface area (Å²) in [6.45, 7) is 2.63. The Labute approximate surface area is 113 Å². The number of alkyl halides is 3. The predicted octanol–water partition coefficient (Wildman–Crippen LogP) is 1.80. The summed E-state index contributed by atoms with van der Waals surface area (Å²) in [6, 6.07) is 7.92. The van der Waals surface area contributed by atoms with Crippen LogP contribution >= 0.6 is 0 Å². The van der Waals surface area contributed by atoms with Crippen molar-refractivity contribution in [2.24, 2.45) is 0 Å². The molecule has 0 fully saturated rings. The topological polar surface area (TPSA) is 86.6 Å². The number of halogens is 3. The molecule has 0 saturated heterocycles. The lowest BCUT2D eigenvalue weighted by molar-refractivity contribution is -0.192. The summed E-state index contributed by atoms with van der Waals surface area (Å²) in [4.78, 5) is 19.1. The van der Waals surface area contributed by atoms with E-state index in [1.54, 1.807) is 0 Å². The molecule has 112 valence electrons. The first-order chi connectivity index (χ1) is 9.14.